The molecule has 0 aliphatic carbocycles. The van der Waals surface area contributed by atoms with Crippen LogP contribution in [0.5, 0.6) is 5.75 Å². The normalized spacial score (nSPS) is 13.7. The molecule has 19 heavy (non-hydrogen) atoms. The Morgan fingerprint density at radius 1 is 1.37 bits per heavy atom. The molecule has 0 saturated carbocycles. The van der Waals surface area contributed by atoms with Crippen molar-refractivity contribution in [3.8, 4) is 5.75 Å². The van der Waals surface area contributed by atoms with Gasteiger partial charge in [0.1, 0.15) is 5.75 Å². The first-order valence-electron chi connectivity index (χ1n) is 6.48. The maximum Gasteiger partial charge on any atom is 0.310 e. The Hall–Kier alpha value is -1.55. The number of hydrogen-bond acceptors (Lipinski definition) is 4. The largest absolute Gasteiger partial charge is 0.496 e. The summed E-state index contributed by atoms with van der Waals surface area (Å²) in [7, 11) is 4.91. The molecule has 0 heterocycles. The number of rotatable bonds is 6. The molecule has 1 N–H and O–H groups in total. The Kier molecular flexibility index (Phi) is 5.83. The first kappa shape index (κ1) is 15.5. The van der Waals surface area contributed by atoms with Crippen LogP contribution in [0.15, 0.2) is 18.2 Å². The van der Waals surface area contributed by atoms with E-state index in [1.54, 1.807) is 7.11 Å². The molecule has 0 saturated heterocycles. The van der Waals surface area contributed by atoms with Gasteiger partial charge in [-0.25, -0.2) is 0 Å². The van der Waals surface area contributed by atoms with Crippen molar-refractivity contribution in [2.45, 2.75) is 26.3 Å². The van der Waals surface area contributed by atoms with Crippen LogP contribution in [0.1, 0.15) is 30.5 Å². The Morgan fingerprint density at radius 3 is 2.53 bits per heavy atom. The van der Waals surface area contributed by atoms with E-state index in [1.165, 1.54) is 7.11 Å². The van der Waals surface area contributed by atoms with Crippen LogP contribution in [-0.2, 0) is 9.53 Å². The first-order valence-corrected chi connectivity index (χ1v) is 6.48. The van der Waals surface area contributed by atoms with E-state index in [9.17, 15) is 4.79 Å². The minimum absolute atomic E-state index is 0.118. The molecule has 0 bridgehead atoms. The van der Waals surface area contributed by atoms with Gasteiger partial charge < -0.3 is 14.8 Å². The van der Waals surface area contributed by atoms with E-state index >= 15 is 0 Å². The lowest BCUT2D eigenvalue weighted by molar-refractivity contribution is -0.146. The monoisotopic (exact) mass is 265 g/mol. The lowest BCUT2D eigenvalue weighted by Gasteiger charge is -2.26. The molecule has 0 aromatic heterocycles. The molecule has 0 radical (unpaired) electrons. The highest BCUT2D eigenvalue weighted by Crippen LogP contribution is 2.32. The fraction of sp³-hybridized carbons (Fsp3) is 0.533. The van der Waals surface area contributed by atoms with E-state index in [1.807, 2.05) is 39.1 Å². The van der Waals surface area contributed by atoms with Crippen LogP contribution in [0.4, 0.5) is 0 Å². The predicted molar refractivity (Wildman–Crippen MR) is 75.3 cm³/mol. The number of benzene rings is 1. The quantitative estimate of drug-likeness (QED) is 0.803. The number of carbonyl (C=O) groups is 1. The van der Waals surface area contributed by atoms with Gasteiger partial charge in [-0.1, -0.05) is 24.6 Å². The molecule has 0 aliphatic rings. The minimum atomic E-state index is -0.231. The highest BCUT2D eigenvalue weighted by Gasteiger charge is 2.29. The van der Waals surface area contributed by atoms with Crippen LogP contribution in [0.2, 0.25) is 0 Å². The van der Waals surface area contributed by atoms with Crippen LogP contribution in [0.25, 0.3) is 0 Å². The number of esters is 1. The Bertz CT molecular complexity index is 431. The highest BCUT2D eigenvalue weighted by atomic mass is 16.5. The average molecular weight is 265 g/mol. The molecule has 4 heteroatoms. The molecular weight excluding hydrogens is 242 g/mol. The molecule has 1 aromatic carbocycles. The number of ether oxygens (including phenoxy) is 2. The Labute approximate surface area is 115 Å². The zero-order valence-corrected chi connectivity index (χ0v) is 12.3. The lowest BCUT2D eigenvalue weighted by atomic mass is 9.89. The van der Waals surface area contributed by atoms with E-state index in [0.717, 1.165) is 16.9 Å². The summed E-state index contributed by atoms with van der Waals surface area (Å²) in [4.78, 5) is 11.9. The molecule has 0 spiro atoms. The molecule has 0 aliphatic heterocycles. The van der Waals surface area contributed by atoms with Crippen molar-refractivity contribution in [3.63, 3.8) is 0 Å². The molecule has 4 nitrogen and oxygen atoms in total. The summed E-state index contributed by atoms with van der Waals surface area (Å²) in [5.74, 6) is 0.350. The van der Waals surface area contributed by atoms with Crippen LogP contribution in [0, 0.1) is 12.8 Å². The van der Waals surface area contributed by atoms with Crippen molar-refractivity contribution in [3.05, 3.63) is 29.3 Å². The van der Waals surface area contributed by atoms with E-state index in [2.05, 4.69) is 5.32 Å². The molecule has 1 rings (SSSR count). The van der Waals surface area contributed by atoms with Gasteiger partial charge in [0.15, 0.2) is 0 Å². The molecular formula is C15H23NO3. The number of nitrogens with one attached hydrogen (secondary N) is 1. The van der Waals surface area contributed by atoms with Crippen molar-refractivity contribution < 1.29 is 14.3 Å². The van der Waals surface area contributed by atoms with Gasteiger partial charge >= 0.3 is 5.97 Å². The summed E-state index contributed by atoms with van der Waals surface area (Å²) >= 11 is 0. The number of carbonyl (C=O) groups excluding carboxylic acids is 1. The zero-order valence-electron chi connectivity index (χ0n) is 12.3. The summed E-state index contributed by atoms with van der Waals surface area (Å²) in [5, 5.41) is 3.21. The molecule has 2 atom stereocenters. The Morgan fingerprint density at radius 2 is 2.05 bits per heavy atom. The van der Waals surface area contributed by atoms with Gasteiger partial charge in [0.25, 0.3) is 0 Å². The highest BCUT2D eigenvalue weighted by molar-refractivity contribution is 5.73. The maximum atomic E-state index is 11.9. The van der Waals surface area contributed by atoms with Crippen molar-refractivity contribution in [2.24, 2.45) is 5.92 Å². The third-order valence-corrected chi connectivity index (χ3v) is 3.38. The van der Waals surface area contributed by atoms with Crippen LogP contribution in [-0.4, -0.2) is 27.2 Å². The molecule has 2 unspecified atom stereocenters. The van der Waals surface area contributed by atoms with Gasteiger partial charge in [-0.05, 0) is 26.5 Å². The zero-order chi connectivity index (χ0) is 14.4. The molecule has 1 aromatic rings. The first-order chi connectivity index (χ1) is 9.08. The van der Waals surface area contributed by atoms with E-state index in [4.69, 9.17) is 9.47 Å². The van der Waals surface area contributed by atoms with Gasteiger partial charge in [0.05, 0.1) is 20.1 Å². The summed E-state index contributed by atoms with van der Waals surface area (Å²) in [6, 6.07) is 5.85. The van der Waals surface area contributed by atoms with E-state index in [0.29, 0.717) is 6.42 Å². The van der Waals surface area contributed by atoms with Crippen molar-refractivity contribution in [1.29, 1.82) is 0 Å². The fourth-order valence-electron chi connectivity index (χ4n) is 2.36. The molecule has 106 valence electrons. The second-order valence-electron chi connectivity index (χ2n) is 4.55. The standard InChI is InChI=1S/C15H23NO3/c1-6-11(15(17)19-5)14(16-3)12-9-10(2)7-8-13(12)18-4/h7-9,11,14,16H,6H2,1-5H3. The minimum Gasteiger partial charge on any atom is -0.496 e. The summed E-state index contributed by atoms with van der Waals surface area (Å²) < 4.78 is 10.3. The topological polar surface area (TPSA) is 47.6 Å². The van der Waals surface area contributed by atoms with Crippen molar-refractivity contribution >= 4 is 5.97 Å². The van der Waals surface area contributed by atoms with Gasteiger partial charge in [-0.3, -0.25) is 4.79 Å². The van der Waals surface area contributed by atoms with Gasteiger partial charge in [0.2, 0.25) is 0 Å². The fourth-order valence-corrected chi connectivity index (χ4v) is 2.36. The summed E-state index contributed by atoms with van der Waals surface area (Å²) in [6.07, 6.45) is 0.704. The van der Waals surface area contributed by atoms with Crippen LogP contribution in [0.3, 0.4) is 0 Å². The smallest absolute Gasteiger partial charge is 0.310 e. The van der Waals surface area contributed by atoms with E-state index < -0.39 is 0 Å². The third-order valence-electron chi connectivity index (χ3n) is 3.38. The third kappa shape index (κ3) is 3.47. The number of aryl methyl sites for hydroxylation is 1. The van der Waals surface area contributed by atoms with Crippen LogP contribution < -0.4 is 10.1 Å². The number of methoxy groups -OCH3 is 2. The Balaban J connectivity index is 3.21. The van der Waals surface area contributed by atoms with Gasteiger partial charge in [-0.2, -0.15) is 0 Å². The van der Waals surface area contributed by atoms with Crippen molar-refractivity contribution in [1.82, 2.24) is 5.32 Å². The molecule has 0 amide bonds. The lowest BCUT2D eigenvalue weighted by Crippen LogP contribution is -2.31. The number of hydrogen-bond donors (Lipinski definition) is 1. The second kappa shape index (κ2) is 7.14. The van der Waals surface area contributed by atoms with Gasteiger partial charge in [-0.15, -0.1) is 0 Å². The van der Waals surface area contributed by atoms with E-state index in [-0.39, 0.29) is 17.9 Å². The van der Waals surface area contributed by atoms with Crippen LogP contribution >= 0.6 is 0 Å². The second-order valence-corrected chi connectivity index (χ2v) is 4.55. The SMILES string of the molecule is CCC(C(=O)OC)C(NC)c1cc(C)ccc1OC. The van der Waals surface area contributed by atoms with Gasteiger partial charge in [0, 0.05) is 11.6 Å². The predicted octanol–water partition coefficient (Wildman–Crippen LogP) is 2.46. The van der Waals surface area contributed by atoms with Crippen molar-refractivity contribution in [2.75, 3.05) is 21.3 Å². The average Bonchev–Trinajstić information content (AvgIpc) is 2.43. The molecule has 0 fully saturated rings. The summed E-state index contributed by atoms with van der Waals surface area (Å²) in [6.45, 7) is 4.00. The maximum absolute atomic E-state index is 11.9. The summed E-state index contributed by atoms with van der Waals surface area (Å²) in [5.41, 5.74) is 2.12.